The first-order valence-corrected chi connectivity index (χ1v) is 5.63. The lowest BCUT2D eigenvalue weighted by Crippen LogP contribution is -2.50. The maximum Gasteiger partial charge on any atom is 0.239 e. The molecule has 4 nitrogen and oxygen atoms in total. The highest BCUT2D eigenvalue weighted by Gasteiger charge is 2.27. The molecule has 96 valence electrons. The number of methoxy groups -OCH3 is 1. The van der Waals surface area contributed by atoms with Crippen molar-refractivity contribution in [1.82, 2.24) is 4.90 Å². The van der Waals surface area contributed by atoms with Crippen molar-refractivity contribution >= 4 is 18.3 Å². The average molecular weight is 251 g/mol. The number of piperidine rings is 1. The second-order valence-corrected chi connectivity index (χ2v) is 4.53. The molecule has 1 unspecified atom stereocenters. The van der Waals surface area contributed by atoms with E-state index in [2.05, 4.69) is 0 Å². The zero-order valence-electron chi connectivity index (χ0n) is 10.3. The molecule has 1 fully saturated rings. The van der Waals surface area contributed by atoms with Crippen LogP contribution in [-0.2, 0) is 9.53 Å². The Hall–Kier alpha value is -0.320. The van der Waals surface area contributed by atoms with E-state index in [4.69, 9.17) is 10.5 Å². The third-order valence-corrected chi connectivity index (χ3v) is 3.09. The number of carbonyl (C=O) groups is 1. The lowest BCUT2D eigenvalue weighted by atomic mass is 10.0. The van der Waals surface area contributed by atoms with Crippen LogP contribution in [0.25, 0.3) is 0 Å². The van der Waals surface area contributed by atoms with Crippen LogP contribution < -0.4 is 5.73 Å². The summed E-state index contributed by atoms with van der Waals surface area (Å²) in [4.78, 5) is 13.8. The summed E-state index contributed by atoms with van der Waals surface area (Å²) >= 11 is 0. The van der Waals surface area contributed by atoms with E-state index in [1.54, 1.807) is 7.11 Å². The minimum Gasteiger partial charge on any atom is -0.381 e. The molecule has 0 radical (unpaired) electrons. The van der Waals surface area contributed by atoms with Gasteiger partial charge in [-0.15, -0.1) is 12.4 Å². The average Bonchev–Trinajstić information content (AvgIpc) is 2.27. The van der Waals surface area contributed by atoms with Crippen LogP contribution in [0.4, 0.5) is 0 Å². The molecular formula is C11H23ClN2O2. The zero-order valence-corrected chi connectivity index (χ0v) is 11.1. The second-order valence-electron chi connectivity index (χ2n) is 4.53. The highest BCUT2D eigenvalue weighted by Crippen LogP contribution is 2.14. The Balaban J connectivity index is 0.00000225. The van der Waals surface area contributed by atoms with Crippen LogP contribution >= 0.6 is 12.4 Å². The number of likely N-dealkylation sites (tertiary alicyclic amines) is 1. The minimum absolute atomic E-state index is 0. The predicted octanol–water partition coefficient (Wildman–Crippen LogP) is 1.03. The fraction of sp³-hybridized carbons (Fsp3) is 0.909. The lowest BCUT2D eigenvalue weighted by molar-refractivity contribution is -0.135. The topological polar surface area (TPSA) is 55.6 Å². The van der Waals surface area contributed by atoms with E-state index >= 15 is 0 Å². The number of hydrogen-bond donors (Lipinski definition) is 1. The fourth-order valence-corrected chi connectivity index (χ4v) is 1.81. The van der Waals surface area contributed by atoms with Crippen LogP contribution in [0.5, 0.6) is 0 Å². The van der Waals surface area contributed by atoms with Crippen molar-refractivity contribution in [1.29, 1.82) is 0 Å². The molecule has 1 atom stereocenters. The number of carbonyl (C=O) groups excluding carboxylic acids is 1. The van der Waals surface area contributed by atoms with E-state index in [0.29, 0.717) is 6.10 Å². The first kappa shape index (κ1) is 15.7. The Morgan fingerprint density at radius 3 is 2.25 bits per heavy atom. The maximum absolute atomic E-state index is 11.9. The molecule has 1 saturated heterocycles. The van der Waals surface area contributed by atoms with Crippen LogP contribution in [0.3, 0.4) is 0 Å². The quantitative estimate of drug-likeness (QED) is 0.814. The van der Waals surface area contributed by atoms with E-state index in [-0.39, 0.29) is 30.3 Å². The van der Waals surface area contributed by atoms with Gasteiger partial charge in [0.2, 0.25) is 5.91 Å². The normalized spacial score (nSPS) is 19.4. The standard InChI is InChI=1S/C11H22N2O2.ClH/c1-8(2)10(12)11(14)13-6-4-9(15-3)5-7-13;/h8-10H,4-7,12H2,1-3H3;1H. The van der Waals surface area contributed by atoms with Gasteiger partial charge < -0.3 is 15.4 Å². The van der Waals surface area contributed by atoms with Crippen molar-refractivity contribution < 1.29 is 9.53 Å². The van der Waals surface area contributed by atoms with Gasteiger partial charge in [0.25, 0.3) is 0 Å². The van der Waals surface area contributed by atoms with Crippen LogP contribution in [0.15, 0.2) is 0 Å². The molecule has 0 saturated carbocycles. The summed E-state index contributed by atoms with van der Waals surface area (Å²) in [6, 6.07) is -0.357. The van der Waals surface area contributed by atoms with Crippen molar-refractivity contribution in [2.75, 3.05) is 20.2 Å². The van der Waals surface area contributed by atoms with Gasteiger partial charge in [0.15, 0.2) is 0 Å². The highest BCUT2D eigenvalue weighted by atomic mass is 35.5. The molecule has 2 N–H and O–H groups in total. The Morgan fingerprint density at radius 2 is 1.88 bits per heavy atom. The number of nitrogens with zero attached hydrogens (tertiary/aromatic N) is 1. The molecule has 1 aliphatic rings. The van der Waals surface area contributed by atoms with Crippen molar-refractivity contribution in [3.8, 4) is 0 Å². The highest BCUT2D eigenvalue weighted by molar-refractivity contribution is 5.85. The molecule has 0 bridgehead atoms. The van der Waals surface area contributed by atoms with Crippen LogP contribution in [-0.4, -0.2) is 43.2 Å². The van der Waals surface area contributed by atoms with Crippen molar-refractivity contribution in [3.63, 3.8) is 0 Å². The summed E-state index contributed by atoms with van der Waals surface area (Å²) in [7, 11) is 1.72. The maximum atomic E-state index is 11.9. The van der Waals surface area contributed by atoms with Gasteiger partial charge in [0, 0.05) is 20.2 Å². The SMILES string of the molecule is COC1CCN(C(=O)C(N)C(C)C)CC1.Cl. The first-order valence-electron chi connectivity index (χ1n) is 5.63. The van der Waals surface area contributed by atoms with Crippen LogP contribution in [0, 0.1) is 5.92 Å². The third kappa shape index (κ3) is 3.92. The van der Waals surface area contributed by atoms with Crippen LogP contribution in [0.1, 0.15) is 26.7 Å². The summed E-state index contributed by atoms with van der Waals surface area (Å²) in [6.45, 7) is 5.50. The summed E-state index contributed by atoms with van der Waals surface area (Å²) < 4.78 is 5.26. The molecule has 0 spiro atoms. The molecular weight excluding hydrogens is 228 g/mol. The van der Waals surface area contributed by atoms with E-state index in [0.717, 1.165) is 25.9 Å². The van der Waals surface area contributed by atoms with Crippen molar-refractivity contribution in [2.45, 2.75) is 38.8 Å². The lowest BCUT2D eigenvalue weighted by Gasteiger charge is -2.33. The van der Waals surface area contributed by atoms with Crippen LogP contribution in [0.2, 0.25) is 0 Å². The molecule has 0 aromatic heterocycles. The van der Waals surface area contributed by atoms with E-state index < -0.39 is 0 Å². The Labute approximate surface area is 104 Å². The van der Waals surface area contributed by atoms with E-state index in [9.17, 15) is 4.79 Å². The van der Waals surface area contributed by atoms with Gasteiger partial charge in [-0.3, -0.25) is 4.79 Å². The van der Waals surface area contributed by atoms with Crippen molar-refractivity contribution in [2.24, 2.45) is 11.7 Å². The zero-order chi connectivity index (χ0) is 11.4. The molecule has 1 rings (SSSR count). The number of ether oxygens (including phenoxy) is 1. The Bertz CT molecular complexity index is 216. The Morgan fingerprint density at radius 1 is 1.38 bits per heavy atom. The van der Waals surface area contributed by atoms with E-state index in [1.165, 1.54) is 0 Å². The molecule has 0 aliphatic carbocycles. The molecule has 16 heavy (non-hydrogen) atoms. The molecule has 1 heterocycles. The number of hydrogen-bond acceptors (Lipinski definition) is 3. The number of nitrogens with two attached hydrogens (primary N) is 1. The van der Waals surface area contributed by atoms with Gasteiger partial charge in [0.05, 0.1) is 12.1 Å². The van der Waals surface area contributed by atoms with Gasteiger partial charge >= 0.3 is 0 Å². The molecule has 5 heteroatoms. The van der Waals surface area contributed by atoms with Gasteiger partial charge in [-0.25, -0.2) is 0 Å². The van der Waals surface area contributed by atoms with Gasteiger partial charge in [-0.05, 0) is 18.8 Å². The number of amides is 1. The summed E-state index contributed by atoms with van der Waals surface area (Å²) in [5, 5.41) is 0. The largest absolute Gasteiger partial charge is 0.381 e. The number of halogens is 1. The monoisotopic (exact) mass is 250 g/mol. The summed E-state index contributed by atoms with van der Waals surface area (Å²) in [5.41, 5.74) is 5.84. The van der Waals surface area contributed by atoms with Crippen molar-refractivity contribution in [3.05, 3.63) is 0 Å². The number of rotatable bonds is 3. The molecule has 1 amide bonds. The Kier molecular flexibility index (Phi) is 6.95. The fourth-order valence-electron chi connectivity index (χ4n) is 1.81. The third-order valence-electron chi connectivity index (χ3n) is 3.09. The molecule has 0 aromatic carbocycles. The van der Waals surface area contributed by atoms with Gasteiger partial charge in [-0.1, -0.05) is 13.8 Å². The minimum atomic E-state index is -0.357. The van der Waals surface area contributed by atoms with Gasteiger partial charge in [0.1, 0.15) is 0 Å². The smallest absolute Gasteiger partial charge is 0.239 e. The molecule has 0 aromatic rings. The predicted molar refractivity (Wildman–Crippen MR) is 66.7 cm³/mol. The summed E-state index contributed by atoms with van der Waals surface area (Å²) in [5.74, 6) is 0.289. The molecule has 1 aliphatic heterocycles. The van der Waals surface area contributed by atoms with E-state index in [1.807, 2.05) is 18.7 Å². The first-order chi connectivity index (χ1) is 7.06. The second kappa shape index (κ2) is 7.09. The van der Waals surface area contributed by atoms with Gasteiger partial charge in [-0.2, -0.15) is 0 Å². The summed E-state index contributed by atoms with van der Waals surface area (Å²) in [6.07, 6.45) is 2.16.